The molecule has 0 aliphatic rings. The first-order valence-corrected chi connectivity index (χ1v) is 4.08. The predicted molar refractivity (Wildman–Crippen MR) is 49.7 cm³/mol. The number of H-pyrrole nitrogens is 1. The average Bonchev–Trinajstić information content (AvgIpc) is 1.98. The van der Waals surface area contributed by atoms with Crippen molar-refractivity contribution in [3.05, 3.63) is 22.4 Å². The number of pyridine rings is 1. The summed E-state index contributed by atoms with van der Waals surface area (Å²) in [5, 5.41) is 0. The molecule has 0 radical (unpaired) electrons. The van der Waals surface area contributed by atoms with Crippen LogP contribution in [0.15, 0.2) is 16.9 Å². The van der Waals surface area contributed by atoms with Crippen molar-refractivity contribution in [2.45, 2.75) is 13.8 Å². The molecule has 0 aliphatic heterocycles. The van der Waals surface area contributed by atoms with Gasteiger partial charge in [0.1, 0.15) is 0 Å². The lowest BCUT2D eigenvalue weighted by Crippen LogP contribution is -2.11. The van der Waals surface area contributed by atoms with Gasteiger partial charge in [-0.15, -0.1) is 0 Å². The van der Waals surface area contributed by atoms with Crippen molar-refractivity contribution in [1.82, 2.24) is 4.98 Å². The molecular weight excluding hydrogens is 202 g/mol. The lowest BCUT2D eigenvalue weighted by atomic mass is 10.4. The van der Waals surface area contributed by atoms with Gasteiger partial charge in [0, 0.05) is 26.0 Å². The first-order chi connectivity index (χ1) is 6.97. The van der Waals surface area contributed by atoms with Crippen LogP contribution in [0.25, 0.3) is 0 Å². The summed E-state index contributed by atoms with van der Waals surface area (Å²) >= 11 is 0. The highest BCUT2D eigenvalue weighted by Crippen LogP contribution is 2.10. The quantitative estimate of drug-likeness (QED) is 0.707. The molecule has 6 heteroatoms. The molecule has 1 aromatic heterocycles. The van der Waals surface area contributed by atoms with E-state index in [-0.39, 0.29) is 11.8 Å². The summed E-state index contributed by atoms with van der Waals surface area (Å²) in [5.74, 6) is -1.28. The summed E-state index contributed by atoms with van der Waals surface area (Å²) in [6, 6.07) is 2.16. The Labute approximate surface area is 84.8 Å². The van der Waals surface area contributed by atoms with E-state index in [4.69, 9.17) is 0 Å². The van der Waals surface area contributed by atoms with Gasteiger partial charge in [-0.2, -0.15) is 0 Å². The summed E-state index contributed by atoms with van der Waals surface area (Å²) in [4.78, 5) is 34.7. The van der Waals surface area contributed by atoms with Gasteiger partial charge >= 0.3 is 11.9 Å². The van der Waals surface area contributed by atoms with Crippen molar-refractivity contribution in [3.8, 4) is 11.8 Å². The number of aromatic amines is 1. The second-order valence-corrected chi connectivity index (χ2v) is 2.73. The topological polar surface area (TPSA) is 85.5 Å². The number of hydrogen-bond donors (Lipinski definition) is 1. The fraction of sp³-hybridized carbons (Fsp3) is 0.222. The number of carbonyl (C=O) groups is 2. The molecule has 1 heterocycles. The smallest absolute Gasteiger partial charge is 0.309 e. The lowest BCUT2D eigenvalue weighted by Gasteiger charge is -2.04. The van der Waals surface area contributed by atoms with E-state index in [1.54, 1.807) is 0 Å². The van der Waals surface area contributed by atoms with Gasteiger partial charge in [0.25, 0.3) is 0 Å². The fourth-order valence-corrected chi connectivity index (χ4v) is 0.913. The molecule has 6 nitrogen and oxygen atoms in total. The monoisotopic (exact) mass is 211 g/mol. The summed E-state index contributed by atoms with van der Waals surface area (Å²) in [7, 11) is 0. The van der Waals surface area contributed by atoms with Crippen LogP contribution in [0.1, 0.15) is 13.8 Å². The van der Waals surface area contributed by atoms with Gasteiger partial charge in [0.05, 0.1) is 0 Å². The Hall–Kier alpha value is -2.11. The molecular formula is C9H9NO5. The molecule has 0 bridgehead atoms. The summed E-state index contributed by atoms with van der Waals surface area (Å²) in [6.45, 7) is 2.38. The van der Waals surface area contributed by atoms with Gasteiger partial charge in [0.2, 0.25) is 11.8 Å². The number of ether oxygens (including phenoxy) is 2. The molecule has 0 fully saturated rings. The fourth-order valence-electron chi connectivity index (χ4n) is 0.913. The normalized spacial score (nSPS) is 9.47. The molecule has 0 spiro atoms. The van der Waals surface area contributed by atoms with Crippen molar-refractivity contribution < 1.29 is 19.1 Å². The number of esters is 2. The first kappa shape index (κ1) is 11.0. The third-order valence-electron chi connectivity index (χ3n) is 1.30. The van der Waals surface area contributed by atoms with Gasteiger partial charge in [-0.05, 0) is 0 Å². The number of carbonyl (C=O) groups excluding carboxylic acids is 2. The minimum absolute atomic E-state index is 0.0637. The Bertz CT molecular complexity index is 411. The summed E-state index contributed by atoms with van der Waals surface area (Å²) in [6.07, 6.45) is 0. The molecule has 0 saturated heterocycles. The number of hydrogen-bond acceptors (Lipinski definition) is 5. The van der Waals surface area contributed by atoms with Crippen molar-refractivity contribution in [2.75, 3.05) is 0 Å². The van der Waals surface area contributed by atoms with Crippen LogP contribution in [0.2, 0.25) is 0 Å². The van der Waals surface area contributed by atoms with Crippen LogP contribution in [0.4, 0.5) is 0 Å². The lowest BCUT2D eigenvalue weighted by molar-refractivity contribution is -0.132. The Morgan fingerprint density at radius 3 is 1.80 bits per heavy atom. The van der Waals surface area contributed by atoms with Crippen LogP contribution in [0.3, 0.4) is 0 Å². The zero-order valence-corrected chi connectivity index (χ0v) is 8.20. The minimum atomic E-state index is -0.578. The van der Waals surface area contributed by atoms with E-state index in [1.165, 1.54) is 13.8 Å². The number of nitrogens with one attached hydrogen (secondary N) is 1. The molecule has 15 heavy (non-hydrogen) atoms. The van der Waals surface area contributed by atoms with Gasteiger partial charge in [-0.1, -0.05) is 0 Å². The van der Waals surface area contributed by atoms with Crippen molar-refractivity contribution >= 4 is 11.9 Å². The maximum absolute atomic E-state index is 11.1. The average molecular weight is 211 g/mol. The summed E-state index contributed by atoms with van der Waals surface area (Å²) < 4.78 is 9.26. The van der Waals surface area contributed by atoms with Crippen LogP contribution in [0, 0.1) is 0 Å². The molecule has 0 aliphatic carbocycles. The van der Waals surface area contributed by atoms with Crippen molar-refractivity contribution in [1.29, 1.82) is 0 Å². The van der Waals surface area contributed by atoms with E-state index in [1.807, 2.05) is 0 Å². The van der Waals surface area contributed by atoms with Crippen molar-refractivity contribution in [3.63, 3.8) is 0 Å². The molecule has 0 atom stereocenters. The van der Waals surface area contributed by atoms with E-state index < -0.39 is 17.4 Å². The Balaban J connectivity index is 2.99. The van der Waals surface area contributed by atoms with Crippen molar-refractivity contribution in [2.24, 2.45) is 0 Å². The highest BCUT2D eigenvalue weighted by Gasteiger charge is 2.05. The van der Waals surface area contributed by atoms with Gasteiger partial charge < -0.3 is 9.47 Å². The van der Waals surface area contributed by atoms with Crippen LogP contribution in [0.5, 0.6) is 11.8 Å². The maximum atomic E-state index is 11.1. The molecule has 1 rings (SSSR count). The van der Waals surface area contributed by atoms with E-state index in [2.05, 4.69) is 14.5 Å². The van der Waals surface area contributed by atoms with E-state index in [0.717, 1.165) is 12.1 Å². The Morgan fingerprint density at radius 1 is 1.07 bits per heavy atom. The van der Waals surface area contributed by atoms with Crippen LogP contribution >= 0.6 is 0 Å². The van der Waals surface area contributed by atoms with Gasteiger partial charge in [0.15, 0.2) is 5.43 Å². The molecule has 1 N–H and O–H groups in total. The number of aromatic nitrogens is 1. The van der Waals surface area contributed by atoms with Crippen LogP contribution in [-0.4, -0.2) is 16.9 Å². The van der Waals surface area contributed by atoms with Gasteiger partial charge in [-0.25, -0.2) is 0 Å². The highest BCUT2D eigenvalue weighted by atomic mass is 16.6. The van der Waals surface area contributed by atoms with E-state index in [0.29, 0.717) is 0 Å². The Kier molecular flexibility index (Phi) is 3.22. The molecule has 0 aromatic carbocycles. The zero-order chi connectivity index (χ0) is 11.4. The second-order valence-electron chi connectivity index (χ2n) is 2.73. The van der Waals surface area contributed by atoms with Crippen LogP contribution in [-0.2, 0) is 9.59 Å². The van der Waals surface area contributed by atoms with Gasteiger partial charge in [-0.3, -0.25) is 19.4 Å². The zero-order valence-electron chi connectivity index (χ0n) is 8.20. The summed E-state index contributed by atoms with van der Waals surface area (Å²) in [5.41, 5.74) is -0.429. The SMILES string of the molecule is CC(=O)Oc1cc(=O)cc(OC(C)=O)[nH]1. The molecule has 80 valence electrons. The third-order valence-corrected chi connectivity index (χ3v) is 1.30. The maximum Gasteiger partial charge on any atom is 0.309 e. The molecule has 0 unspecified atom stereocenters. The van der Waals surface area contributed by atoms with E-state index >= 15 is 0 Å². The predicted octanol–water partition coefficient (Wildman–Crippen LogP) is 0.225. The molecule has 0 amide bonds. The second kappa shape index (κ2) is 4.41. The standard InChI is InChI=1S/C9H9NO5/c1-5(11)14-8-3-7(13)4-9(10-8)15-6(2)12/h3-4H,1-2H3,(H,10,13). The van der Waals surface area contributed by atoms with Crippen LogP contribution < -0.4 is 14.9 Å². The molecule has 1 aromatic rings. The highest BCUT2D eigenvalue weighted by molar-refractivity contribution is 5.69. The Morgan fingerprint density at radius 2 is 1.47 bits per heavy atom. The molecule has 0 saturated carbocycles. The minimum Gasteiger partial charge on any atom is -0.409 e. The largest absolute Gasteiger partial charge is 0.409 e. The van der Waals surface area contributed by atoms with E-state index in [9.17, 15) is 14.4 Å². The number of rotatable bonds is 2. The third kappa shape index (κ3) is 3.63. The first-order valence-electron chi connectivity index (χ1n) is 4.08.